The second-order valence-electron chi connectivity index (χ2n) is 5.92. The van der Waals surface area contributed by atoms with Gasteiger partial charge in [0.15, 0.2) is 0 Å². The number of aryl methyl sites for hydroxylation is 1. The molecular weight excluding hydrogens is 460 g/mol. The average molecular weight is 473 g/mol. The molecule has 1 N–H and O–H groups in total. The zero-order valence-electron chi connectivity index (χ0n) is 14.2. The molecular formula is C20H13FIN3O2. The molecule has 0 saturated carbocycles. The predicted octanol–water partition coefficient (Wildman–Crippen LogP) is 5.19. The fourth-order valence-electron chi connectivity index (χ4n) is 2.83. The van der Waals surface area contributed by atoms with Gasteiger partial charge in [0.2, 0.25) is 0 Å². The molecule has 4 aromatic rings. The van der Waals surface area contributed by atoms with Crippen LogP contribution in [0.1, 0.15) is 16.1 Å². The van der Waals surface area contributed by atoms with Crippen LogP contribution in [0.25, 0.3) is 22.4 Å². The molecule has 0 aliphatic rings. The Morgan fingerprint density at radius 1 is 1.15 bits per heavy atom. The van der Waals surface area contributed by atoms with Crippen molar-refractivity contribution in [3.05, 3.63) is 75.2 Å². The lowest BCUT2D eigenvalue weighted by Crippen LogP contribution is -2.14. The molecule has 4 rings (SSSR count). The van der Waals surface area contributed by atoms with Crippen molar-refractivity contribution < 1.29 is 13.7 Å². The number of amides is 1. The van der Waals surface area contributed by atoms with E-state index in [-0.39, 0.29) is 17.2 Å². The van der Waals surface area contributed by atoms with Gasteiger partial charge in [0.1, 0.15) is 5.82 Å². The summed E-state index contributed by atoms with van der Waals surface area (Å²) in [6, 6.07) is 15.3. The number of para-hydroxylation sites is 1. The number of carbonyl (C=O) groups excluding carboxylic acids is 1. The van der Waals surface area contributed by atoms with Gasteiger partial charge in [0, 0.05) is 9.13 Å². The Balaban J connectivity index is 1.86. The monoisotopic (exact) mass is 473 g/mol. The molecule has 5 nitrogen and oxygen atoms in total. The second-order valence-corrected chi connectivity index (χ2v) is 7.08. The van der Waals surface area contributed by atoms with E-state index < -0.39 is 5.82 Å². The average Bonchev–Trinajstić information content (AvgIpc) is 3.04. The first-order valence-electron chi connectivity index (χ1n) is 8.12. The molecule has 0 aliphatic carbocycles. The Hall–Kier alpha value is -2.81. The molecule has 0 aliphatic heterocycles. The summed E-state index contributed by atoms with van der Waals surface area (Å²) in [6.07, 6.45) is 0. The molecule has 2 aromatic heterocycles. The van der Waals surface area contributed by atoms with Gasteiger partial charge in [0.05, 0.1) is 28.0 Å². The van der Waals surface area contributed by atoms with Crippen molar-refractivity contribution in [2.45, 2.75) is 6.92 Å². The molecule has 134 valence electrons. The maximum Gasteiger partial charge on any atom is 0.259 e. The Morgan fingerprint density at radius 3 is 2.67 bits per heavy atom. The van der Waals surface area contributed by atoms with E-state index in [9.17, 15) is 9.18 Å². The quantitative estimate of drug-likeness (QED) is 0.416. The maximum absolute atomic E-state index is 14.2. The van der Waals surface area contributed by atoms with Crippen LogP contribution >= 0.6 is 22.6 Å². The third-order valence-corrected chi connectivity index (χ3v) is 5.07. The van der Waals surface area contributed by atoms with Crippen molar-refractivity contribution >= 4 is 45.3 Å². The molecule has 0 fully saturated rings. The number of pyridine rings is 1. The summed E-state index contributed by atoms with van der Waals surface area (Å²) in [5.74, 6) is -0.764. The number of hydrogen-bond acceptors (Lipinski definition) is 4. The lowest BCUT2D eigenvalue weighted by Gasteiger charge is -2.10. The van der Waals surface area contributed by atoms with E-state index in [1.54, 1.807) is 31.2 Å². The number of rotatable bonds is 3. The molecule has 0 spiro atoms. The molecule has 0 atom stereocenters. The van der Waals surface area contributed by atoms with Gasteiger partial charge in [-0.15, -0.1) is 0 Å². The Labute approximate surface area is 167 Å². The topological polar surface area (TPSA) is 68.0 Å². The van der Waals surface area contributed by atoms with Gasteiger partial charge in [0.25, 0.3) is 11.6 Å². The highest BCUT2D eigenvalue weighted by molar-refractivity contribution is 14.1. The molecule has 7 heteroatoms. The number of carbonyl (C=O) groups is 1. The summed E-state index contributed by atoms with van der Waals surface area (Å²) in [5.41, 5.74) is 2.36. The van der Waals surface area contributed by atoms with Crippen molar-refractivity contribution in [3.63, 3.8) is 0 Å². The molecule has 1 amide bonds. The van der Waals surface area contributed by atoms with Crippen molar-refractivity contribution in [2.24, 2.45) is 0 Å². The highest BCUT2D eigenvalue weighted by Gasteiger charge is 2.20. The van der Waals surface area contributed by atoms with Gasteiger partial charge in [-0.3, -0.25) is 4.79 Å². The third-order valence-electron chi connectivity index (χ3n) is 4.13. The Morgan fingerprint density at radius 2 is 1.89 bits per heavy atom. The van der Waals surface area contributed by atoms with Crippen LogP contribution in [-0.2, 0) is 0 Å². The summed E-state index contributed by atoms with van der Waals surface area (Å²) < 4.78 is 20.4. The third kappa shape index (κ3) is 3.30. The van der Waals surface area contributed by atoms with E-state index >= 15 is 0 Å². The second kappa shape index (κ2) is 7.07. The summed E-state index contributed by atoms with van der Waals surface area (Å²) in [7, 11) is 0. The minimum absolute atomic E-state index is 0.196. The first-order valence-corrected chi connectivity index (χ1v) is 9.20. The van der Waals surface area contributed by atoms with Gasteiger partial charge >= 0.3 is 0 Å². The van der Waals surface area contributed by atoms with E-state index in [0.717, 1.165) is 3.57 Å². The number of hydrogen-bond donors (Lipinski definition) is 1. The molecule has 0 unspecified atom stereocenters. The van der Waals surface area contributed by atoms with Crippen LogP contribution in [0.2, 0.25) is 0 Å². The fourth-order valence-corrected chi connectivity index (χ4v) is 3.36. The maximum atomic E-state index is 14.2. The molecule has 0 saturated heterocycles. The van der Waals surface area contributed by atoms with Gasteiger partial charge in [-0.1, -0.05) is 29.4 Å². The summed E-state index contributed by atoms with van der Waals surface area (Å²) in [5, 5.41) is 7.31. The van der Waals surface area contributed by atoms with E-state index in [0.29, 0.717) is 28.0 Å². The van der Waals surface area contributed by atoms with Crippen LogP contribution in [0.15, 0.2) is 59.1 Å². The number of fused-ring (bicyclic) bond motifs is 1. The number of anilines is 1. The van der Waals surface area contributed by atoms with Crippen LogP contribution in [0.5, 0.6) is 0 Å². The van der Waals surface area contributed by atoms with Crippen LogP contribution in [-0.4, -0.2) is 16.0 Å². The van der Waals surface area contributed by atoms with Gasteiger partial charge in [-0.25, -0.2) is 9.37 Å². The fraction of sp³-hybridized carbons (Fsp3) is 0.0500. The Bertz CT molecular complexity index is 1170. The van der Waals surface area contributed by atoms with Crippen molar-refractivity contribution in [2.75, 3.05) is 5.32 Å². The first-order chi connectivity index (χ1) is 13.0. The highest BCUT2D eigenvalue weighted by atomic mass is 127. The summed E-state index contributed by atoms with van der Waals surface area (Å²) >= 11 is 2.15. The zero-order chi connectivity index (χ0) is 19.0. The smallest absolute Gasteiger partial charge is 0.259 e. The lowest BCUT2D eigenvalue weighted by atomic mass is 10.0. The lowest BCUT2D eigenvalue weighted by molar-refractivity contribution is 0.102. The number of aromatic nitrogens is 2. The SMILES string of the molecule is Cc1noc2nc(-c3ccccc3F)cc(C(=O)Nc3ccccc3I)c12. The predicted molar refractivity (Wildman–Crippen MR) is 109 cm³/mol. The minimum atomic E-state index is -0.426. The number of nitrogens with one attached hydrogen (secondary N) is 1. The van der Waals surface area contributed by atoms with Crippen molar-refractivity contribution in [1.82, 2.24) is 10.1 Å². The van der Waals surface area contributed by atoms with Crippen LogP contribution in [0, 0.1) is 16.3 Å². The van der Waals surface area contributed by atoms with Crippen LogP contribution < -0.4 is 5.32 Å². The number of benzene rings is 2. The van der Waals surface area contributed by atoms with Gasteiger partial charge in [-0.05, 0) is 59.8 Å². The molecule has 0 bridgehead atoms. The summed E-state index contributed by atoms with van der Waals surface area (Å²) in [4.78, 5) is 17.3. The van der Waals surface area contributed by atoms with Gasteiger partial charge < -0.3 is 9.84 Å². The normalized spacial score (nSPS) is 10.9. The van der Waals surface area contributed by atoms with Crippen LogP contribution in [0.4, 0.5) is 10.1 Å². The van der Waals surface area contributed by atoms with E-state index in [1.165, 1.54) is 6.07 Å². The van der Waals surface area contributed by atoms with Crippen LogP contribution in [0.3, 0.4) is 0 Å². The molecule has 2 heterocycles. The van der Waals surface area contributed by atoms with E-state index in [1.807, 2.05) is 24.3 Å². The summed E-state index contributed by atoms with van der Waals surface area (Å²) in [6.45, 7) is 1.74. The number of halogens is 2. The minimum Gasteiger partial charge on any atom is -0.335 e. The first kappa shape index (κ1) is 17.6. The van der Waals surface area contributed by atoms with Crippen molar-refractivity contribution in [3.8, 4) is 11.3 Å². The largest absolute Gasteiger partial charge is 0.335 e. The standard InChI is InChI=1S/C20H13FIN3O2/c1-11-18-13(19(26)23-16-9-5-4-8-15(16)22)10-17(24-20(18)27-25-11)12-6-2-3-7-14(12)21/h2-10H,1H3,(H,23,26). The molecule has 0 radical (unpaired) electrons. The highest BCUT2D eigenvalue weighted by Crippen LogP contribution is 2.29. The van der Waals surface area contributed by atoms with Crippen molar-refractivity contribution in [1.29, 1.82) is 0 Å². The zero-order valence-corrected chi connectivity index (χ0v) is 16.3. The molecule has 2 aromatic carbocycles. The van der Waals surface area contributed by atoms with E-state index in [2.05, 4.69) is 38.0 Å². The number of nitrogens with zero attached hydrogens (tertiary/aromatic N) is 2. The molecule has 27 heavy (non-hydrogen) atoms. The van der Waals surface area contributed by atoms with E-state index in [4.69, 9.17) is 4.52 Å². The Kier molecular flexibility index (Phi) is 4.61. The van der Waals surface area contributed by atoms with Gasteiger partial charge in [-0.2, -0.15) is 0 Å².